The van der Waals surface area contributed by atoms with E-state index in [2.05, 4.69) is 30.0 Å². The number of rotatable bonds is 7. The number of likely N-dealkylation sites (tertiary alicyclic amines) is 1. The SMILES string of the molecule is Nc1cncc(-c2ccc3[nH]nc(-c4cc5c(-c6cc(F)cc(OCCN7CCCC7)c6)cncc5[nH]4)c3n2)c1. The number of nitrogens with zero attached hydrogens (tertiary/aromatic N) is 5. The summed E-state index contributed by atoms with van der Waals surface area (Å²) < 4.78 is 20.6. The van der Waals surface area contributed by atoms with E-state index in [-0.39, 0.29) is 5.82 Å². The maximum absolute atomic E-state index is 14.7. The van der Waals surface area contributed by atoms with Gasteiger partial charge in [0.05, 0.1) is 34.3 Å². The Morgan fingerprint density at radius 3 is 2.67 bits per heavy atom. The third-order valence-corrected chi connectivity index (χ3v) is 7.32. The number of nitrogen functional groups attached to an aromatic ring is 1. The van der Waals surface area contributed by atoms with Gasteiger partial charge >= 0.3 is 0 Å². The van der Waals surface area contributed by atoms with Crippen molar-refractivity contribution in [2.24, 2.45) is 0 Å². The van der Waals surface area contributed by atoms with Crippen LogP contribution in [0.5, 0.6) is 5.75 Å². The maximum Gasteiger partial charge on any atom is 0.135 e. The van der Waals surface area contributed by atoms with E-state index in [0.29, 0.717) is 34.8 Å². The molecule has 0 aliphatic carbocycles. The van der Waals surface area contributed by atoms with Crippen molar-refractivity contribution < 1.29 is 9.13 Å². The van der Waals surface area contributed by atoms with E-state index in [0.717, 1.165) is 58.6 Å². The van der Waals surface area contributed by atoms with Crippen molar-refractivity contribution in [1.82, 2.24) is 35.0 Å². The van der Waals surface area contributed by atoms with Crippen molar-refractivity contribution in [2.45, 2.75) is 12.8 Å². The minimum Gasteiger partial charge on any atom is -0.492 e. The molecule has 4 N–H and O–H groups in total. The number of ether oxygens (including phenoxy) is 1. The number of benzene rings is 1. The Hall–Kier alpha value is -4.83. The fourth-order valence-electron chi connectivity index (χ4n) is 5.35. The molecule has 10 heteroatoms. The van der Waals surface area contributed by atoms with Gasteiger partial charge in [-0.15, -0.1) is 0 Å². The van der Waals surface area contributed by atoms with Gasteiger partial charge in [0, 0.05) is 47.7 Å². The topological polar surface area (TPSA) is 122 Å². The first-order chi connectivity index (χ1) is 19.6. The number of anilines is 1. The molecule has 0 spiro atoms. The maximum atomic E-state index is 14.7. The first-order valence-electron chi connectivity index (χ1n) is 13.3. The minimum atomic E-state index is -0.354. The summed E-state index contributed by atoms with van der Waals surface area (Å²) in [5.74, 6) is 0.153. The Labute approximate surface area is 229 Å². The number of hydrogen-bond acceptors (Lipinski definition) is 7. The van der Waals surface area contributed by atoms with E-state index < -0.39 is 0 Å². The van der Waals surface area contributed by atoms with Gasteiger partial charge in [0.2, 0.25) is 0 Å². The summed E-state index contributed by atoms with van der Waals surface area (Å²) in [5.41, 5.74) is 13.3. The molecule has 1 aliphatic rings. The number of hydrogen-bond donors (Lipinski definition) is 3. The Morgan fingerprint density at radius 1 is 0.925 bits per heavy atom. The first-order valence-corrected chi connectivity index (χ1v) is 13.3. The van der Waals surface area contributed by atoms with Crippen LogP contribution in [-0.4, -0.2) is 61.3 Å². The molecule has 6 heterocycles. The standard InChI is InChI=1S/C30H27FN8O/c31-20-9-18(11-22(12-20)40-8-7-39-5-1-2-6-39)24-16-34-17-28-23(24)13-27(35-28)30-29-26(37-38-30)4-3-25(36-29)19-10-21(32)15-33-14-19/h3-4,9-17,35H,1-2,5-8,32H2,(H,37,38). The second kappa shape index (κ2) is 10.0. The number of pyridine rings is 3. The zero-order valence-electron chi connectivity index (χ0n) is 21.7. The van der Waals surface area contributed by atoms with Crippen LogP contribution in [0.2, 0.25) is 0 Å². The molecule has 1 aromatic carbocycles. The van der Waals surface area contributed by atoms with Crippen LogP contribution in [-0.2, 0) is 0 Å². The van der Waals surface area contributed by atoms with Gasteiger partial charge in [-0.1, -0.05) is 0 Å². The molecule has 40 heavy (non-hydrogen) atoms. The molecule has 0 unspecified atom stereocenters. The quantitative estimate of drug-likeness (QED) is 0.250. The van der Waals surface area contributed by atoms with Gasteiger partial charge in [-0.2, -0.15) is 5.10 Å². The molecule has 1 saturated heterocycles. The summed E-state index contributed by atoms with van der Waals surface area (Å²) in [5, 5.41) is 8.51. The van der Waals surface area contributed by atoms with Crippen LogP contribution in [0.1, 0.15) is 12.8 Å². The third-order valence-electron chi connectivity index (χ3n) is 7.32. The summed E-state index contributed by atoms with van der Waals surface area (Å²) in [6.45, 7) is 3.56. The minimum absolute atomic E-state index is 0.354. The van der Waals surface area contributed by atoms with E-state index in [1.807, 2.05) is 30.3 Å². The number of aromatic amines is 2. The van der Waals surface area contributed by atoms with Crippen molar-refractivity contribution in [3.8, 4) is 39.5 Å². The summed E-state index contributed by atoms with van der Waals surface area (Å²) >= 11 is 0. The van der Waals surface area contributed by atoms with Gasteiger partial charge < -0.3 is 15.5 Å². The highest BCUT2D eigenvalue weighted by Crippen LogP contribution is 2.35. The largest absolute Gasteiger partial charge is 0.492 e. The molecule has 6 aromatic rings. The molecule has 7 rings (SSSR count). The predicted octanol–water partition coefficient (Wildman–Crippen LogP) is 5.43. The molecular formula is C30H27FN8O. The smallest absolute Gasteiger partial charge is 0.135 e. The van der Waals surface area contributed by atoms with E-state index >= 15 is 0 Å². The number of halogens is 1. The van der Waals surface area contributed by atoms with Crippen LogP contribution in [0.25, 0.3) is 55.7 Å². The Bertz CT molecular complexity index is 1840. The summed E-state index contributed by atoms with van der Waals surface area (Å²) in [6.07, 6.45) is 9.28. The number of H-pyrrole nitrogens is 2. The second-order valence-corrected chi connectivity index (χ2v) is 10.1. The van der Waals surface area contributed by atoms with Crippen LogP contribution in [0.4, 0.5) is 10.1 Å². The zero-order valence-corrected chi connectivity index (χ0v) is 21.7. The van der Waals surface area contributed by atoms with Crippen molar-refractivity contribution in [1.29, 1.82) is 0 Å². The molecule has 9 nitrogen and oxygen atoms in total. The average molecular weight is 535 g/mol. The average Bonchev–Trinajstić information content (AvgIpc) is 3.72. The lowest BCUT2D eigenvalue weighted by Crippen LogP contribution is -2.25. The predicted molar refractivity (Wildman–Crippen MR) is 153 cm³/mol. The Balaban J connectivity index is 1.23. The normalized spacial score (nSPS) is 13.9. The highest BCUT2D eigenvalue weighted by Gasteiger charge is 2.17. The van der Waals surface area contributed by atoms with Crippen molar-refractivity contribution in [2.75, 3.05) is 32.0 Å². The summed E-state index contributed by atoms with van der Waals surface area (Å²) in [6, 6.07) is 12.5. The van der Waals surface area contributed by atoms with Gasteiger partial charge in [-0.25, -0.2) is 9.37 Å². The molecule has 0 atom stereocenters. The van der Waals surface area contributed by atoms with Crippen molar-refractivity contribution in [3.05, 3.63) is 73.1 Å². The lowest BCUT2D eigenvalue weighted by molar-refractivity contribution is 0.237. The van der Waals surface area contributed by atoms with Crippen LogP contribution < -0.4 is 10.5 Å². The van der Waals surface area contributed by atoms with Gasteiger partial charge in [-0.05, 0) is 67.9 Å². The Morgan fingerprint density at radius 2 is 1.80 bits per heavy atom. The molecule has 1 aliphatic heterocycles. The van der Waals surface area contributed by atoms with Crippen molar-refractivity contribution in [3.63, 3.8) is 0 Å². The molecular weight excluding hydrogens is 507 g/mol. The third kappa shape index (κ3) is 4.62. The lowest BCUT2D eigenvalue weighted by Gasteiger charge is -2.15. The highest BCUT2D eigenvalue weighted by molar-refractivity contribution is 6.00. The van der Waals surface area contributed by atoms with Gasteiger partial charge in [0.25, 0.3) is 0 Å². The van der Waals surface area contributed by atoms with E-state index in [1.165, 1.54) is 25.0 Å². The van der Waals surface area contributed by atoms with E-state index in [1.54, 1.807) is 24.8 Å². The van der Waals surface area contributed by atoms with Crippen molar-refractivity contribution >= 4 is 27.6 Å². The van der Waals surface area contributed by atoms with Crippen LogP contribution in [0.3, 0.4) is 0 Å². The van der Waals surface area contributed by atoms with E-state index in [4.69, 9.17) is 15.5 Å². The lowest BCUT2D eigenvalue weighted by atomic mass is 10.0. The van der Waals surface area contributed by atoms with E-state index in [9.17, 15) is 4.39 Å². The summed E-state index contributed by atoms with van der Waals surface area (Å²) in [7, 11) is 0. The van der Waals surface area contributed by atoms with Crippen LogP contribution in [0, 0.1) is 5.82 Å². The Kier molecular flexibility index (Phi) is 6.09. The molecule has 0 radical (unpaired) electrons. The molecule has 200 valence electrons. The van der Waals surface area contributed by atoms with Gasteiger partial charge in [0.1, 0.15) is 29.4 Å². The molecule has 0 bridgehead atoms. The number of fused-ring (bicyclic) bond motifs is 2. The molecule has 0 saturated carbocycles. The van der Waals surface area contributed by atoms with Crippen LogP contribution >= 0.6 is 0 Å². The monoisotopic (exact) mass is 534 g/mol. The molecule has 0 amide bonds. The van der Waals surface area contributed by atoms with Gasteiger partial charge in [0.15, 0.2) is 0 Å². The van der Waals surface area contributed by atoms with Gasteiger partial charge in [-0.3, -0.25) is 20.0 Å². The zero-order chi connectivity index (χ0) is 27.1. The fourth-order valence-corrected chi connectivity index (χ4v) is 5.35. The number of aromatic nitrogens is 6. The van der Waals surface area contributed by atoms with Crippen LogP contribution in [0.15, 0.2) is 67.3 Å². The molecule has 5 aromatic heterocycles. The highest BCUT2D eigenvalue weighted by atomic mass is 19.1. The number of nitrogens with two attached hydrogens (primary N) is 1. The summed E-state index contributed by atoms with van der Waals surface area (Å²) in [4.78, 5) is 19.2. The molecule has 1 fully saturated rings. The second-order valence-electron chi connectivity index (χ2n) is 10.1. The first kappa shape index (κ1) is 24.2. The number of nitrogens with one attached hydrogen (secondary N) is 2. The fraction of sp³-hybridized carbons (Fsp3) is 0.200.